The molecule has 0 spiro atoms. The number of nitrogens with one attached hydrogen (secondary N) is 1. The number of carbonyl (C=O) groups excluding carboxylic acids is 2. The Bertz CT molecular complexity index is 1650. The Kier molecular flexibility index (Phi) is 11.8. The number of benzene rings is 4. The van der Waals surface area contributed by atoms with Gasteiger partial charge in [0, 0.05) is 28.5 Å². The van der Waals surface area contributed by atoms with Crippen LogP contribution in [0.5, 0.6) is 0 Å². The second-order valence-corrected chi connectivity index (χ2v) is 14.5. The molecule has 7 nitrogen and oxygen atoms in total. The van der Waals surface area contributed by atoms with Gasteiger partial charge in [-0.3, -0.25) is 13.9 Å². The van der Waals surface area contributed by atoms with Gasteiger partial charge in [0.15, 0.2) is 0 Å². The van der Waals surface area contributed by atoms with E-state index >= 15 is 0 Å². The van der Waals surface area contributed by atoms with Gasteiger partial charge in [0.25, 0.3) is 10.0 Å². The number of halogens is 2. The van der Waals surface area contributed by atoms with E-state index in [1.807, 2.05) is 68.4 Å². The highest BCUT2D eigenvalue weighted by atomic mass is 79.9. The molecular formula is C34H35Br2N3O4S. The molecule has 10 heteroatoms. The molecule has 0 radical (unpaired) electrons. The third kappa shape index (κ3) is 9.03. The first-order chi connectivity index (χ1) is 21.0. The quantitative estimate of drug-likeness (QED) is 0.163. The fourth-order valence-electron chi connectivity index (χ4n) is 4.66. The molecule has 0 saturated carbocycles. The maximum absolute atomic E-state index is 14.5. The summed E-state index contributed by atoms with van der Waals surface area (Å²) in [6, 6.07) is 30.9. The summed E-state index contributed by atoms with van der Waals surface area (Å²) in [6.07, 6.45) is 0.258. The zero-order chi connectivity index (χ0) is 31.7. The molecule has 0 saturated heterocycles. The lowest BCUT2D eigenvalue weighted by Crippen LogP contribution is -2.53. The molecule has 230 valence electrons. The second kappa shape index (κ2) is 15.5. The Morgan fingerprint density at radius 2 is 1.39 bits per heavy atom. The largest absolute Gasteiger partial charge is 0.354 e. The van der Waals surface area contributed by atoms with E-state index in [1.54, 1.807) is 42.5 Å². The molecule has 0 aliphatic heterocycles. The van der Waals surface area contributed by atoms with Crippen LogP contribution < -0.4 is 9.62 Å². The van der Waals surface area contributed by atoms with Crippen LogP contribution >= 0.6 is 31.9 Å². The number of sulfonamides is 1. The second-order valence-electron chi connectivity index (χ2n) is 10.8. The molecule has 0 aliphatic rings. The van der Waals surface area contributed by atoms with Crippen LogP contribution in [0.1, 0.15) is 25.0 Å². The third-order valence-electron chi connectivity index (χ3n) is 6.92. The molecule has 4 aromatic carbocycles. The van der Waals surface area contributed by atoms with E-state index in [4.69, 9.17) is 0 Å². The minimum atomic E-state index is -4.14. The third-order valence-corrected chi connectivity index (χ3v) is 9.73. The number of nitrogens with zero attached hydrogens (tertiary/aromatic N) is 2. The van der Waals surface area contributed by atoms with Crippen molar-refractivity contribution in [3.63, 3.8) is 0 Å². The Balaban J connectivity index is 1.79. The van der Waals surface area contributed by atoms with Crippen LogP contribution in [0.4, 0.5) is 5.69 Å². The summed E-state index contributed by atoms with van der Waals surface area (Å²) in [5.74, 6) is -0.602. The van der Waals surface area contributed by atoms with E-state index in [1.165, 1.54) is 17.0 Å². The van der Waals surface area contributed by atoms with Gasteiger partial charge in [0.1, 0.15) is 12.6 Å². The number of hydrogen-bond acceptors (Lipinski definition) is 4. The van der Waals surface area contributed by atoms with Crippen molar-refractivity contribution in [3.05, 3.63) is 129 Å². The van der Waals surface area contributed by atoms with Gasteiger partial charge in [-0.2, -0.15) is 0 Å². The normalized spacial score (nSPS) is 12.0. The van der Waals surface area contributed by atoms with Crippen molar-refractivity contribution in [1.82, 2.24) is 10.2 Å². The predicted molar refractivity (Wildman–Crippen MR) is 182 cm³/mol. The lowest BCUT2D eigenvalue weighted by Gasteiger charge is -2.34. The van der Waals surface area contributed by atoms with E-state index in [9.17, 15) is 18.0 Å². The molecule has 1 N–H and O–H groups in total. The first kappa shape index (κ1) is 33.4. The number of carbonyl (C=O) groups is 2. The van der Waals surface area contributed by atoms with E-state index < -0.39 is 28.5 Å². The summed E-state index contributed by atoms with van der Waals surface area (Å²) in [5, 5.41) is 3.00. The fraction of sp³-hybridized carbons (Fsp3) is 0.235. The van der Waals surface area contributed by atoms with Crippen molar-refractivity contribution in [2.75, 3.05) is 17.4 Å². The minimum Gasteiger partial charge on any atom is -0.354 e. The van der Waals surface area contributed by atoms with Crippen molar-refractivity contribution in [2.24, 2.45) is 5.92 Å². The zero-order valence-electron chi connectivity index (χ0n) is 24.6. The highest BCUT2D eigenvalue weighted by Crippen LogP contribution is 2.26. The minimum absolute atomic E-state index is 0.0600. The standard InChI is InChI=1S/C34H35Br2N3O4S/c1-25(2)22-37-34(41)32(21-26-10-5-3-6-11-26)38(23-27-12-9-13-29(36)20-27)33(40)24-39(30-18-16-28(35)17-19-30)44(42,43)31-14-7-4-8-15-31/h3-20,25,32H,21-24H2,1-2H3,(H,37,41)/t32-/m0/s1. The predicted octanol–water partition coefficient (Wildman–Crippen LogP) is 6.82. The lowest BCUT2D eigenvalue weighted by molar-refractivity contribution is -0.140. The summed E-state index contributed by atoms with van der Waals surface area (Å²) in [7, 11) is -4.14. The number of anilines is 1. The van der Waals surface area contributed by atoms with Gasteiger partial charge in [-0.15, -0.1) is 0 Å². The van der Waals surface area contributed by atoms with Crippen molar-refractivity contribution in [3.8, 4) is 0 Å². The Morgan fingerprint density at radius 3 is 2.00 bits per heavy atom. The number of amides is 2. The SMILES string of the molecule is CC(C)CNC(=O)[C@H](Cc1ccccc1)N(Cc1cccc(Br)c1)C(=O)CN(c1ccc(Br)cc1)S(=O)(=O)c1ccccc1. The Labute approximate surface area is 276 Å². The van der Waals surface area contributed by atoms with Crippen LogP contribution in [0, 0.1) is 5.92 Å². The number of hydrogen-bond donors (Lipinski definition) is 1. The summed E-state index contributed by atoms with van der Waals surface area (Å²) < 4.78 is 30.7. The fourth-order valence-corrected chi connectivity index (χ4v) is 6.81. The molecule has 44 heavy (non-hydrogen) atoms. The van der Waals surface area contributed by atoms with E-state index in [-0.39, 0.29) is 29.7 Å². The average molecular weight is 742 g/mol. The van der Waals surface area contributed by atoms with Gasteiger partial charge in [-0.1, -0.05) is 106 Å². The molecule has 4 aromatic rings. The number of rotatable bonds is 13. The van der Waals surface area contributed by atoms with Gasteiger partial charge in [0.05, 0.1) is 10.6 Å². The summed E-state index contributed by atoms with van der Waals surface area (Å²) in [5.41, 5.74) is 2.01. The van der Waals surface area contributed by atoms with Crippen LogP contribution in [-0.2, 0) is 32.6 Å². The van der Waals surface area contributed by atoms with Gasteiger partial charge in [-0.25, -0.2) is 8.42 Å². The summed E-state index contributed by atoms with van der Waals surface area (Å²) >= 11 is 6.91. The smallest absolute Gasteiger partial charge is 0.264 e. The molecule has 2 amide bonds. The van der Waals surface area contributed by atoms with Crippen LogP contribution in [0.15, 0.2) is 123 Å². The molecule has 0 aromatic heterocycles. The Morgan fingerprint density at radius 1 is 0.773 bits per heavy atom. The molecule has 0 heterocycles. The highest BCUT2D eigenvalue weighted by Gasteiger charge is 2.34. The van der Waals surface area contributed by atoms with Crippen molar-refractivity contribution in [2.45, 2.75) is 37.8 Å². The van der Waals surface area contributed by atoms with Crippen LogP contribution in [0.3, 0.4) is 0 Å². The molecule has 0 bridgehead atoms. The van der Waals surface area contributed by atoms with Gasteiger partial charge in [0.2, 0.25) is 11.8 Å². The van der Waals surface area contributed by atoms with Crippen molar-refractivity contribution >= 4 is 59.4 Å². The molecule has 0 unspecified atom stereocenters. The monoisotopic (exact) mass is 739 g/mol. The van der Waals surface area contributed by atoms with Gasteiger partial charge < -0.3 is 10.2 Å². The van der Waals surface area contributed by atoms with Crippen LogP contribution in [0.2, 0.25) is 0 Å². The summed E-state index contributed by atoms with van der Waals surface area (Å²) in [4.78, 5) is 29.8. The summed E-state index contributed by atoms with van der Waals surface area (Å²) in [6.45, 7) is 4.04. The molecule has 0 fully saturated rings. The first-order valence-electron chi connectivity index (χ1n) is 14.2. The van der Waals surface area contributed by atoms with E-state index in [0.717, 1.165) is 24.4 Å². The average Bonchev–Trinajstić information content (AvgIpc) is 3.01. The zero-order valence-corrected chi connectivity index (χ0v) is 28.6. The highest BCUT2D eigenvalue weighted by molar-refractivity contribution is 9.10. The molecule has 4 rings (SSSR count). The lowest BCUT2D eigenvalue weighted by atomic mass is 10.0. The van der Waals surface area contributed by atoms with Crippen molar-refractivity contribution < 1.29 is 18.0 Å². The van der Waals surface area contributed by atoms with Crippen LogP contribution in [-0.4, -0.2) is 44.3 Å². The van der Waals surface area contributed by atoms with Gasteiger partial charge >= 0.3 is 0 Å². The topological polar surface area (TPSA) is 86.8 Å². The molecule has 0 aliphatic carbocycles. The Hall–Kier alpha value is -3.47. The maximum Gasteiger partial charge on any atom is 0.264 e. The van der Waals surface area contributed by atoms with Crippen LogP contribution in [0.25, 0.3) is 0 Å². The molecular weight excluding hydrogens is 706 g/mol. The van der Waals surface area contributed by atoms with E-state index in [0.29, 0.717) is 12.2 Å². The van der Waals surface area contributed by atoms with Gasteiger partial charge in [-0.05, 0) is 65.6 Å². The van der Waals surface area contributed by atoms with Crippen molar-refractivity contribution in [1.29, 1.82) is 0 Å². The first-order valence-corrected chi connectivity index (χ1v) is 17.3. The molecule has 1 atom stereocenters. The van der Waals surface area contributed by atoms with E-state index in [2.05, 4.69) is 37.2 Å². The maximum atomic E-state index is 14.5.